The summed E-state index contributed by atoms with van der Waals surface area (Å²) in [5.74, 6) is 0.278. The SMILES string of the molecule is ClCC1(c2ccccn2)N=CON1. The highest BCUT2D eigenvalue weighted by Crippen LogP contribution is 2.24. The molecule has 1 aliphatic heterocycles. The van der Waals surface area contributed by atoms with E-state index in [0.717, 1.165) is 5.69 Å². The molecule has 68 valence electrons. The zero-order chi connectivity index (χ0) is 9.15. The average molecular weight is 198 g/mol. The lowest BCUT2D eigenvalue weighted by Crippen LogP contribution is -2.38. The molecule has 1 N–H and O–H groups in total. The molecule has 0 saturated heterocycles. The van der Waals surface area contributed by atoms with Crippen LogP contribution in [0.15, 0.2) is 29.4 Å². The molecule has 4 nitrogen and oxygen atoms in total. The highest BCUT2D eigenvalue weighted by molar-refractivity contribution is 6.18. The van der Waals surface area contributed by atoms with Gasteiger partial charge in [0.25, 0.3) is 0 Å². The number of halogens is 1. The molecular formula is C8H8ClN3O. The van der Waals surface area contributed by atoms with E-state index in [4.69, 9.17) is 16.4 Å². The molecule has 0 fully saturated rings. The third kappa shape index (κ3) is 1.38. The maximum absolute atomic E-state index is 5.80. The van der Waals surface area contributed by atoms with Crippen molar-refractivity contribution in [1.82, 2.24) is 10.5 Å². The summed E-state index contributed by atoms with van der Waals surface area (Å²) >= 11 is 5.80. The molecule has 1 atom stereocenters. The molecule has 2 rings (SSSR count). The van der Waals surface area contributed by atoms with Gasteiger partial charge in [-0.05, 0) is 12.1 Å². The van der Waals surface area contributed by atoms with Crippen LogP contribution in [0.2, 0.25) is 0 Å². The molecule has 1 aliphatic rings. The number of hydrogen-bond donors (Lipinski definition) is 1. The van der Waals surface area contributed by atoms with Crippen molar-refractivity contribution < 1.29 is 4.84 Å². The molecule has 0 aromatic carbocycles. The lowest BCUT2D eigenvalue weighted by molar-refractivity contribution is 0.134. The van der Waals surface area contributed by atoms with Gasteiger partial charge in [0.2, 0.25) is 5.66 Å². The maximum Gasteiger partial charge on any atom is 0.201 e. The van der Waals surface area contributed by atoms with Crippen LogP contribution in [0, 0.1) is 0 Å². The van der Waals surface area contributed by atoms with Gasteiger partial charge >= 0.3 is 0 Å². The third-order valence-electron chi connectivity index (χ3n) is 1.84. The van der Waals surface area contributed by atoms with Gasteiger partial charge < -0.3 is 4.84 Å². The molecule has 1 unspecified atom stereocenters. The minimum absolute atomic E-state index is 0.278. The van der Waals surface area contributed by atoms with E-state index in [-0.39, 0.29) is 5.88 Å². The Morgan fingerprint density at radius 1 is 1.54 bits per heavy atom. The summed E-state index contributed by atoms with van der Waals surface area (Å²) in [5.41, 5.74) is 2.75. The van der Waals surface area contributed by atoms with E-state index in [1.54, 1.807) is 6.20 Å². The molecule has 0 saturated carbocycles. The van der Waals surface area contributed by atoms with E-state index in [9.17, 15) is 0 Å². The first-order valence-electron chi connectivity index (χ1n) is 3.81. The number of alkyl halides is 1. The number of pyridine rings is 1. The van der Waals surface area contributed by atoms with Crippen LogP contribution in [0.1, 0.15) is 5.69 Å². The third-order valence-corrected chi connectivity index (χ3v) is 2.22. The van der Waals surface area contributed by atoms with Crippen LogP contribution in [0.4, 0.5) is 0 Å². The normalized spacial score (nSPS) is 25.9. The minimum Gasteiger partial charge on any atom is -0.394 e. The Morgan fingerprint density at radius 2 is 2.46 bits per heavy atom. The molecule has 0 bridgehead atoms. The predicted molar refractivity (Wildman–Crippen MR) is 49.3 cm³/mol. The van der Waals surface area contributed by atoms with Crippen LogP contribution in [0.25, 0.3) is 0 Å². The summed E-state index contributed by atoms with van der Waals surface area (Å²) < 4.78 is 0. The fraction of sp³-hybridized carbons (Fsp3) is 0.250. The Labute approximate surface area is 80.6 Å². The summed E-state index contributed by atoms with van der Waals surface area (Å²) in [6, 6.07) is 5.57. The highest BCUT2D eigenvalue weighted by atomic mass is 35.5. The molecule has 1 aromatic rings. The largest absolute Gasteiger partial charge is 0.394 e. The smallest absolute Gasteiger partial charge is 0.201 e. The Kier molecular flexibility index (Phi) is 2.16. The van der Waals surface area contributed by atoms with Gasteiger partial charge in [-0.1, -0.05) is 6.07 Å². The molecule has 0 radical (unpaired) electrons. The Balaban J connectivity index is 2.37. The van der Waals surface area contributed by atoms with E-state index >= 15 is 0 Å². The number of aliphatic imine (C=N–C) groups is 1. The number of hydrogen-bond acceptors (Lipinski definition) is 4. The van der Waals surface area contributed by atoms with Crippen LogP contribution in [0.5, 0.6) is 0 Å². The highest BCUT2D eigenvalue weighted by Gasteiger charge is 2.35. The fourth-order valence-electron chi connectivity index (χ4n) is 1.12. The van der Waals surface area contributed by atoms with Gasteiger partial charge in [0.1, 0.15) is 0 Å². The van der Waals surface area contributed by atoms with Crippen molar-refractivity contribution in [1.29, 1.82) is 0 Å². The number of aromatic nitrogens is 1. The zero-order valence-electron chi connectivity index (χ0n) is 6.77. The Bertz CT molecular complexity index is 316. The van der Waals surface area contributed by atoms with Gasteiger partial charge in [0.05, 0.1) is 11.6 Å². The lowest BCUT2D eigenvalue weighted by Gasteiger charge is -2.20. The van der Waals surface area contributed by atoms with Gasteiger partial charge in [-0.25, -0.2) is 4.99 Å². The topological polar surface area (TPSA) is 46.5 Å². The summed E-state index contributed by atoms with van der Waals surface area (Å²) in [5, 5.41) is 0. The molecular weight excluding hydrogens is 190 g/mol. The monoisotopic (exact) mass is 197 g/mol. The summed E-state index contributed by atoms with van der Waals surface area (Å²) in [6.45, 7) is 0. The molecule has 0 aliphatic carbocycles. The standard InChI is InChI=1S/C8H8ClN3O/c9-5-8(11-6-13-12-8)7-3-1-2-4-10-7/h1-4,6,12H,5H2. The molecule has 1 aromatic heterocycles. The van der Waals surface area contributed by atoms with Crippen LogP contribution in [-0.2, 0) is 10.5 Å². The summed E-state index contributed by atoms with van der Waals surface area (Å²) in [4.78, 5) is 13.1. The maximum atomic E-state index is 5.80. The van der Waals surface area contributed by atoms with Crippen molar-refractivity contribution in [2.75, 3.05) is 5.88 Å². The molecule has 5 heteroatoms. The van der Waals surface area contributed by atoms with E-state index in [1.807, 2.05) is 18.2 Å². The van der Waals surface area contributed by atoms with E-state index in [2.05, 4.69) is 15.5 Å². The van der Waals surface area contributed by atoms with Crippen molar-refractivity contribution in [2.45, 2.75) is 5.66 Å². The van der Waals surface area contributed by atoms with Crippen LogP contribution in [0.3, 0.4) is 0 Å². The van der Waals surface area contributed by atoms with Gasteiger partial charge in [-0.15, -0.1) is 17.1 Å². The van der Waals surface area contributed by atoms with Crippen molar-refractivity contribution in [3.05, 3.63) is 30.1 Å². The lowest BCUT2D eigenvalue weighted by atomic mass is 10.1. The second-order valence-corrected chi connectivity index (χ2v) is 2.93. The number of hydroxylamine groups is 1. The van der Waals surface area contributed by atoms with Crippen molar-refractivity contribution >= 4 is 18.0 Å². The average Bonchev–Trinajstić information content (AvgIpc) is 2.69. The second-order valence-electron chi connectivity index (χ2n) is 2.66. The first-order chi connectivity index (χ1) is 6.37. The van der Waals surface area contributed by atoms with E-state index in [1.165, 1.54) is 6.40 Å². The number of rotatable bonds is 2. The quantitative estimate of drug-likeness (QED) is 0.721. The molecule has 13 heavy (non-hydrogen) atoms. The van der Waals surface area contributed by atoms with Gasteiger partial charge in [0, 0.05) is 6.20 Å². The molecule has 0 spiro atoms. The zero-order valence-corrected chi connectivity index (χ0v) is 7.53. The first kappa shape index (κ1) is 8.47. The number of nitrogens with zero attached hydrogens (tertiary/aromatic N) is 2. The van der Waals surface area contributed by atoms with Gasteiger partial charge in [-0.2, -0.15) is 0 Å². The number of nitrogens with one attached hydrogen (secondary N) is 1. The van der Waals surface area contributed by atoms with E-state index in [0.29, 0.717) is 0 Å². The minimum atomic E-state index is -0.719. The Hall–Kier alpha value is -1.13. The summed E-state index contributed by atoms with van der Waals surface area (Å²) in [6.07, 6.45) is 3.02. The van der Waals surface area contributed by atoms with Crippen molar-refractivity contribution in [3.63, 3.8) is 0 Å². The van der Waals surface area contributed by atoms with Gasteiger partial charge in [-0.3, -0.25) is 4.98 Å². The summed E-state index contributed by atoms with van der Waals surface area (Å²) in [7, 11) is 0. The van der Waals surface area contributed by atoms with Gasteiger partial charge in [0.15, 0.2) is 6.40 Å². The first-order valence-corrected chi connectivity index (χ1v) is 4.35. The molecule has 2 heterocycles. The van der Waals surface area contributed by atoms with Crippen LogP contribution >= 0.6 is 11.6 Å². The van der Waals surface area contributed by atoms with Crippen molar-refractivity contribution in [2.24, 2.45) is 4.99 Å². The Morgan fingerprint density at radius 3 is 3.00 bits per heavy atom. The predicted octanol–water partition coefficient (Wildman–Crippen LogP) is 1.04. The van der Waals surface area contributed by atoms with E-state index < -0.39 is 5.66 Å². The van der Waals surface area contributed by atoms with Crippen LogP contribution in [-0.4, -0.2) is 17.3 Å². The molecule has 0 amide bonds. The van der Waals surface area contributed by atoms with Crippen LogP contribution < -0.4 is 5.48 Å². The fourth-order valence-corrected chi connectivity index (χ4v) is 1.38. The second kappa shape index (κ2) is 3.32. The van der Waals surface area contributed by atoms with Crippen molar-refractivity contribution in [3.8, 4) is 0 Å².